The number of likely N-dealkylation sites (N-methyl/N-ethyl adjacent to an activating group) is 1. The quantitative estimate of drug-likeness (QED) is 0.551. The van der Waals surface area contributed by atoms with Crippen molar-refractivity contribution >= 4 is 23.2 Å². The highest BCUT2D eigenvalue weighted by Crippen LogP contribution is 2.22. The Morgan fingerprint density at radius 1 is 1.07 bits per heavy atom. The molecule has 150 valence electrons. The van der Waals surface area contributed by atoms with Crippen molar-refractivity contribution in [3.8, 4) is 5.75 Å². The third-order valence-electron chi connectivity index (χ3n) is 4.14. The molecule has 0 N–H and O–H groups in total. The molecule has 0 fully saturated rings. The van der Waals surface area contributed by atoms with Crippen LogP contribution in [0.15, 0.2) is 60.0 Å². The standard InChI is InChI=1S/C22H22N2O4S/c1-15-23-18(14-29-15)13-27-19-11-9-17(10-12-19)22(26)28-20(21(25)24(2)3)16-7-5-4-6-8-16/h4-12,14,20H,13H2,1-3H3/t20-/m1/s1. The molecule has 0 spiro atoms. The van der Waals surface area contributed by atoms with Crippen molar-refractivity contribution in [1.82, 2.24) is 9.88 Å². The Balaban J connectivity index is 1.67. The van der Waals surface area contributed by atoms with E-state index in [9.17, 15) is 9.59 Å². The predicted molar refractivity (Wildman–Crippen MR) is 111 cm³/mol. The van der Waals surface area contributed by atoms with E-state index < -0.39 is 12.1 Å². The topological polar surface area (TPSA) is 68.7 Å². The van der Waals surface area contributed by atoms with Gasteiger partial charge in [0, 0.05) is 25.0 Å². The number of esters is 1. The molecule has 0 aliphatic carbocycles. The van der Waals surface area contributed by atoms with Crippen LogP contribution in [0.25, 0.3) is 0 Å². The molecule has 0 aliphatic rings. The SMILES string of the molecule is Cc1nc(COc2ccc(C(=O)O[C@@H](C(=O)N(C)C)c3ccccc3)cc2)cs1. The molecular weight excluding hydrogens is 388 g/mol. The molecule has 6 nitrogen and oxygen atoms in total. The minimum atomic E-state index is -0.998. The normalized spacial score (nSPS) is 11.6. The van der Waals surface area contributed by atoms with Crippen LogP contribution in [-0.2, 0) is 16.1 Å². The minimum Gasteiger partial charge on any atom is -0.487 e. The van der Waals surface area contributed by atoms with Crippen molar-refractivity contribution in [3.63, 3.8) is 0 Å². The molecule has 3 aromatic rings. The smallest absolute Gasteiger partial charge is 0.339 e. The van der Waals surface area contributed by atoms with Gasteiger partial charge in [0.05, 0.1) is 16.3 Å². The van der Waals surface area contributed by atoms with Gasteiger partial charge in [-0.15, -0.1) is 11.3 Å². The summed E-state index contributed by atoms with van der Waals surface area (Å²) >= 11 is 1.57. The number of amides is 1. The number of rotatable bonds is 7. The number of thiazole rings is 1. The Labute approximate surface area is 173 Å². The zero-order valence-corrected chi connectivity index (χ0v) is 17.3. The molecule has 1 aromatic heterocycles. The Morgan fingerprint density at radius 2 is 1.76 bits per heavy atom. The van der Waals surface area contributed by atoms with Crippen LogP contribution >= 0.6 is 11.3 Å². The number of benzene rings is 2. The largest absolute Gasteiger partial charge is 0.487 e. The number of aryl methyl sites for hydroxylation is 1. The van der Waals surface area contributed by atoms with E-state index in [1.807, 2.05) is 18.4 Å². The van der Waals surface area contributed by atoms with Crippen molar-refractivity contribution in [3.05, 3.63) is 81.8 Å². The van der Waals surface area contributed by atoms with E-state index in [1.54, 1.807) is 74.0 Å². The van der Waals surface area contributed by atoms with Crippen molar-refractivity contribution in [2.45, 2.75) is 19.6 Å². The molecule has 0 unspecified atom stereocenters. The number of nitrogens with zero attached hydrogens (tertiary/aromatic N) is 2. The average Bonchev–Trinajstić information content (AvgIpc) is 3.16. The molecule has 29 heavy (non-hydrogen) atoms. The van der Waals surface area contributed by atoms with Gasteiger partial charge >= 0.3 is 5.97 Å². The third kappa shape index (κ3) is 5.42. The lowest BCUT2D eigenvalue weighted by Gasteiger charge is -2.21. The number of hydrogen-bond donors (Lipinski definition) is 0. The fraction of sp³-hybridized carbons (Fsp3) is 0.227. The Bertz CT molecular complexity index is 968. The maximum atomic E-state index is 12.6. The number of hydrogen-bond acceptors (Lipinski definition) is 6. The molecule has 1 atom stereocenters. The number of carbonyl (C=O) groups is 2. The van der Waals surface area contributed by atoms with Crippen LogP contribution in [0.1, 0.15) is 32.7 Å². The highest BCUT2D eigenvalue weighted by atomic mass is 32.1. The van der Waals surface area contributed by atoms with Gasteiger partial charge in [-0.1, -0.05) is 30.3 Å². The van der Waals surface area contributed by atoms with Gasteiger partial charge in [0.25, 0.3) is 5.91 Å². The minimum absolute atomic E-state index is 0.303. The van der Waals surface area contributed by atoms with E-state index in [4.69, 9.17) is 9.47 Å². The van der Waals surface area contributed by atoms with E-state index in [0.29, 0.717) is 23.5 Å². The summed E-state index contributed by atoms with van der Waals surface area (Å²) in [7, 11) is 3.25. The van der Waals surface area contributed by atoms with Gasteiger partial charge in [-0.2, -0.15) is 0 Å². The summed E-state index contributed by atoms with van der Waals surface area (Å²) in [5.74, 6) is -0.255. The van der Waals surface area contributed by atoms with E-state index in [1.165, 1.54) is 4.90 Å². The molecule has 2 aromatic carbocycles. The Kier molecular flexibility index (Phi) is 6.61. The molecule has 3 rings (SSSR count). The third-order valence-corrected chi connectivity index (χ3v) is 4.96. The van der Waals surface area contributed by atoms with Crippen molar-refractivity contribution in [2.75, 3.05) is 14.1 Å². The van der Waals surface area contributed by atoms with Gasteiger partial charge in [0.2, 0.25) is 6.10 Å². The highest BCUT2D eigenvalue weighted by Gasteiger charge is 2.27. The first-order valence-electron chi connectivity index (χ1n) is 9.05. The molecule has 0 bridgehead atoms. The molecule has 7 heteroatoms. The average molecular weight is 410 g/mol. The monoisotopic (exact) mass is 410 g/mol. The Morgan fingerprint density at radius 3 is 2.34 bits per heavy atom. The highest BCUT2D eigenvalue weighted by molar-refractivity contribution is 7.09. The zero-order valence-electron chi connectivity index (χ0n) is 16.5. The molecule has 0 saturated carbocycles. The van der Waals surface area contributed by atoms with Crippen molar-refractivity contribution in [1.29, 1.82) is 0 Å². The Hall–Kier alpha value is -3.19. The summed E-state index contributed by atoms with van der Waals surface area (Å²) in [6.45, 7) is 2.31. The first-order valence-corrected chi connectivity index (χ1v) is 9.93. The second-order valence-electron chi connectivity index (χ2n) is 6.60. The number of carbonyl (C=O) groups excluding carboxylic acids is 2. The van der Waals surface area contributed by atoms with Crippen LogP contribution in [0.4, 0.5) is 0 Å². The summed E-state index contributed by atoms with van der Waals surface area (Å²) in [6, 6.07) is 15.6. The molecule has 1 heterocycles. The summed E-state index contributed by atoms with van der Waals surface area (Å²) in [5, 5.41) is 2.94. The zero-order chi connectivity index (χ0) is 20.8. The van der Waals surface area contributed by atoms with Crippen LogP contribution in [0, 0.1) is 6.92 Å². The van der Waals surface area contributed by atoms with Crippen molar-refractivity contribution < 1.29 is 19.1 Å². The van der Waals surface area contributed by atoms with E-state index in [2.05, 4.69) is 4.98 Å². The summed E-state index contributed by atoms with van der Waals surface area (Å²) in [4.78, 5) is 30.9. The summed E-state index contributed by atoms with van der Waals surface area (Å²) in [6.07, 6.45) is -0.998. The fourth-order valence-corrected chi connectivity index (χ4v) is 3.21. The maximum Gasteiger partial charge on any atom is 0.339 e. The van der Waals surface area contributed by atoms with Gasteiger partial charge in [-0.25, -0.2) is 9.78 Å². The fourth-order valence-electron chi connectivity index (χ4n) is 2.62. The van der Waals surface area contributed by atoms with E-state index in [0.717, 1.165) is 10.7 Å². The van der Waals surface area contributed by atoms with Gasteiger partial charge in [0.15, 0.2) is 0 Å². The first kappa shape index (κ1) is 20.5. The lowest BCUT2D eigenvalue weighted by atomic mass is 10.1. The van der Waals surface area contributed by atoms with Crippen LogP contribution in [0.2, 0.25) is 0 Å². The molecule has 0 saturated heterocycles. The van der Waals surface area contributed by atoms with Crippen LogP contribution < -0.4 is 4.74 Å². The lowest BCUT2D eigenvalue weighted by molar-refractivity contribution is -0.138. The van der Waals surface area contributed by atoms with Gasteiger partial charge in [-0.3, -0.25) is 4.79 Å². The second-order valence-corrected chi connectivity index (χ2v) is 7.66. The molecule has 0 radical (unpaired) electrons. The van der Waals surface area contributed by atoms with Crippen LogP contribution in [-0.4, -0.2) is 35.9 Å². The van der Waals surface area contributed by atoms with Gasteiger partial charge in [-0.05, 0) is 31.2 Å². The molecule has 1 amide bonds. The summed E-state index contributed by atoms with van der Waals surface area (Å²) in [5.41, 5.74) is 1.83. The van der Waals surface area contributed by atoms with Gasteiger partial charge in [0.1, 0.15) is 12.4 Å². The molecular formula is C22H22N2O4S. The van der Waals surface area contributed by atoms with Crippen molar-refractivity contribution in [2.24, 2.45) is 0 Å². The first-order chi connectivity index (χ1) is 13.9. The lowest BCUT2D eigenvalue weighted by Crippen LogP contribution is -2.31. The second kappa shape index (κ2) is 9.34. The number of ether oxygens (including phenoxy) is 2. The van der Waals surface area contributed by atoms with Gasteiger partial charge < -0.3 is 14.4 Å². The maximum absolute atomic E-state index is 12.6. The predicted octanol–water partition coefficient (Wildman–Crippen LogP) is 4.02. The van der Waals surface area contributed by atoms with E-state index in [-0.39, 0.29) is 5.91 Å². The van der Waals surface area contributed by atoms with Crippen LogP contribution in [0.3, 0.4) is 0 Å². The van der Waals surface area contributed by atoms with E-state index >= 15 is 0 Å². The number of aromatic nitrogens is 1. The summed E-state index contributed by atoms with van der Waals surface area (Å²) < 4.78 is 11.2. The van der Waals surface area contributed by atoms with Crippen LogP contribution in [0.5, 0.6) is 5.75 Å². The molecule has 0 aliphatic heterocycles.